The van der Waals surface area contributed by atoms with E-state index in [0.29, 0.717) is 16.3 Å². The zero-order valence-corrected chi connectivity index (χ0v) is 15.7. The Morgan fingerprint density at radius 3 is 2.25 bits per heavy atom. The molecule has 2 heterocycles. The summed E-state index contributed by atoms with van der Waals surface area (Å²) >= 11 is 1.62. The average molecular weight is 353 g/mol. The van der Waals surface area contributed by atoms with E-state index in [1.165, 1.54) is 56.6 Å². The highest BCUT2D eigenvalue weighted by atomic mass is 32.2. The molecule has 0 saturated heterocycles. The highest BCUT2D eigenvalue weighted by Gasteiger charge is 2.13. The van der Waals surface area contributed by atoms with Crippen LogP contribution >= 0.6 is 11.8 Å². The number of nitrogens with one attached hydrogen (secondary N) is 1. The standard InChI is InChI=1S/C17H28N4O2S/c1-4-5-6-7-8-9-10-11-12-24-16-18-13-14(19-16)20(2)17(23)21(3)15(13)22/h4-12H2,1-3H3,(H,18,19). The minimum atomic E-state index is -0.348. The number of nitrogens with zero attached hydrogens (tertiary/aromatic N) is 3. The molecule has 0 aromatic carbocycles. The molecule has 0 aliphatic rings. The smallest absolute Gasteiger partial charge is 0.327 e. The molecule has 134 valence electrons. The fourth-order valence-corrected chi connectivity index (χ4v) is 3.65. The molecule has 6 nitrogen and oxygen atoms in total. The van der Waals surface area contributed by atoms with Crippen LogP contribution in [0.5, 0.6) is 0 Å². The van der Waals surface area contributed by atoms with Gasteiger partial charge in [-0.1, -0.05) is 63.6 Å². The molecule has 0 saturated carbocycles. The van der Waals surface area contributed by atoms with Gasteiger partial charge < -0.3 is 4.98 Å². The minimum absolute atomic E-state index is 0.320. The maximum atomic E-state index is 12.1. The molecule has 0 unspecified atom stereocenters. The Hall–Kier alpha value is -1.50. The third-order valence-electron chi connectivity index (χ3n) is 4.31. The predicted octanol–water partition coefficient (Wildman–Crippen LogP) is 3.19. The van der Waals surface area contributed by atoms with E-state index in [2.05, 4.69) is 16.9 Å². The van der Waals surface area contributed by atoms with E-state index in [1.54, 1.807) is 18.8 Å². The molecule has 2 aromatic rings. The lowest BCUT2D eigenvalue weighted by molar-refractivity contribution is 0.586. The molecule has 0 atom stereocenters. The molecule has 0 amide bonds. The summed E-state index contributed by atoms with van der Waals surface area (Å²) < 4.78 is 2.51. The van der Waals surface area contributed by atoms with E-state index >= 15 is 0 Å². The number of hydrogen-bond donors (Lipinski definition) is 1. The number of aryl methyl sites for hydroxylation is 1. The second-order valence-corrected chi connectivity index (χ2v) is 7.35. The second-order valence-electron chi connectivity index (χ2n) is 6.27. The summed E-state index contributed by atoms with van der Waals surface area (Å²) in [6, 6.07) is 0. The summed E-state index contributed by atoms with van der Waals surface area (Å²) in [6.07, 6.45) is 10.4. The first-order valence-electron chi connectivity index (χ1n) is 8.84. The van der Waals surface area contributed by atoms with E-state index in [9.17, 15) is 9.59 Å². The van der Waals surface area contributed by atoms with Crippen LogP contribution in [0.2, 0.25) is 0 Å². The Bertz CT molecular complexity index is 775. The third kappa shape index (κ3) is 4.53. The van der Waals surface area contributed by atoms with Crippen LogP contribution in [0.25, 0.3) is 11.2 Å². The first-order valence-corrected chi connectivity index (χ1v) is 9.83. The molecule has 1 N–H and O–H groups in total. The Balaban J connectivity index is 1.82. The van der Waals surface area contributed by atoms with Crippen LogP contribution in [-0.2, 0) is 14.1 Å². The summed E-state index contributed by atoms with van der Waals surface area (Å²) in [4.78, 5) is 31.5. The Morgan fingerprint density at radius 2 is 1.58 bits per heavy atom. The number of hydrogen-bond acceptors (Lipinski definition) is 4. The maximum Gasteiger partial charge on any atom is 0.332 e. The fraction of sp³-hybridized carbons (Fsp3) is 0.706. The fourth-order valence-electron chi connectivity index (χ4n) is 2.78. The number of H-pyrrole nitrogens is 1. The van der Waals surface area contributed by atoms with Gasteiger partial charge in [0.2, 0.25) is 0 Å². The average Bonchev–Trinajstić information content (AvgIpc) is 3.01. The van der Waals surface area contributed by atoms with E-state index in [4.69, 9.17) is 0 Å². The zero-order chi connectivity index (χ0) is 17.5. The molecular formula is C17H28N4O2S. The Kier molecular flexibility index (Phi) is 7.15. The summed E-state index contributed by atoms with van der Waals surface area (Å²) in [5, 5.41) is 0.714. The molecule has 2 aromatic heterocycles. The SMILES string of the molecule is CCCCCCCCCCSc1nc2c([nH]1)c(=O)n(C)c(=O)n2C. The normalized spacial score (nSPS) is 11.5. The quantitative estimate of drug-likeness (QED) is 0.526. The van der Waals surface area contributed by atoms with Gasteiger partial charge in [-0.05, 0) is 6.42 Å². The van der Waals surface area contributed by atoms with Crippen LogP contribution in [0, 0.1) is 0 Å². The number of aromatic amines is 1. The van der Waals surface area contributed by atoms with Crippen molar-refractivity contribution in [2.75, 3.05) is 5.75 Å². The number of imidazole rings is 1. The highest BCUT2D eigenvalue weighted by Crippen LogP contribution is 2.19. The molecule has 0 bridgehead atoms. The van der Waals surface area contributed by atoms with Gasteiger partial charge in [0.05, 0.1) is 0 Å². The zero-order valence-electron chi connectivity index (χ0n) is 14.9. The summed E-state index contributed by atoms with van der Waals surface area (Å²) in [7, 11) is 3.12. The van der Waals surface area contributed by atoms with Crippen molar-refractivity contribution in [2.45, 2.75) is 63.4 Å². The number of fused-ring (bicyclic) bond motifs is 1. The van der Waals surface area contributed by atoms with Crippen LogP contribution in [0.15, 0.2) is 14.7 Å². The van der Waals surface area contributed by atoms with Crippen molar-refractivity contribution in [2.24, 2.45) is 14.1 Å². The molecule has 0 spiro atoms. The van der Waals surface area contributed by atoms with Crippen molar-refractivity contribution in [3.8, 4) is 0 Å². The van der Waals surface area contributed by atoms with Gasteiger partial charge >= 0.3 is 5.69 Å². The van der Waals surface area contributed by atoms with Crippen molar-refractivity contribution in [3.63, 3.8) is 0 Å². The topological polar surface area (TPSA) is 72.7 Å². The van der Waals surface area contributed by atoms with Gasteiger partial charge in [-0.15, -0.1) is 0 Å². The monoisotopic (exact) mass is 352 g/mol. The van der Waals surface area contributed by atoms with Crippen LogP contribution < -0.4 is 11.2 Å². The number of rotatable bonds is 10. The van der Waals surface area contributed by atoms with Crippen LogP contribution in [0.1, 0.15) is 58.3 Å². The van der Waals surface area contributed by atoms with E-state index < -0.39 is 0 Å². The molecule has 7 heteroatoms. The van der Waals surface area contributed by atoms with Gasteiger partial charge in [-0.3, -0.25) is 13.9 Å². The molecule has 0 fully saturated rings. The summed E-state index contributed by atoms with van der Waals surface area (Å²) in [6.45, 7) is 2.24. The van der Waals surface area contributed by atoms with Crippen molar-refractivity contribution in [1.29, 1.82) is 0 Å². The van der Waals surface area contributed by atoms with Crippen molar-refractivity contribution < 1.29 is 0 Å². The first-order chi connectivity index (χ1) is 11.6. The molecule has 2 rings (SSSR count). The second kappa shape index (κ2) is 9.11. The molecule has 0 aliphatic carbocycles. The lowest BCUT2D eigenvalue weighted by atomic mass is 10.1. The van der Waals surface area contributed by atoms with E-state index in [1.807, 2.05) is 0 Å². The number of unbranched alkanes of at least 4 members (excludes halogenated alkanes) is 7. The number of aromatic nitrogens is 4. The van der Waals surface area contributed by atoms with Gasteiger partial charge in [-0.25, -0.2) is 9.78 Å². The van der Waals surface area contributed by atoms with Gasteiger partial charge in [0.15, 0.2) is 16.3 Å². The lowest BCUT2D eigenvalue weighted by Crippen LogP contribution is -2.36. The predicted molar refractivity (Wildman–Crippen MR) is 99.9 cm³/mol. The van der Waals surface area contributed by atoms with Crippen LogP contribution in [0.3, 0.4) is 0 Å². The van der Waals surface area contributed by atoms with Gasteiger partial charge in [-0.2, -0.15) is 0 Å². The van der Waals surface area contributed by atoms with E-state index in [0.717, 1.165) is 16.7 Å². The lowest BCUT2D eigenvalue weighted by Gasteiger charge is -2.01. The van der Waals surface area contributed by atoms with Crippen molar-refractivity contribution in [3.05, 3.63) is 20.8 Å². The molecular weight excluding hydrogens is 324 g/mol. The Morgan fingerprint density at radius 1 is 0.958 bits per heavy atom. The Labute approximate surface area is 146 Å². The largest absolute Gasteiger partial charge is 0.332 e. The van der Waals surface area contributed by atoms with Crippen molar-refractivity contribution >= 4 is 22.9 Å². The third-order valence-corrected chi connectivity index (χ3v) is 5.27. The minimum Gasteiger partial charge on any atom is -0.327 e. The molecule has 0 aliphatic heterocycles. The first kappa shape index (κ1) is 18.8. The van der Waals surface area contributed by atoms with Crippen LogP contribution in [0.4, 0.5) is 0 Å². The molecule has 24 heavy (non-hydrogen) atoms. The van der Waals surface area contributed by atoms with Gasteiger partial charge in [0.1, 0.15) is 0 Å². The number of thioether (sulfide) groups is 1. The molecule has 0 radical (unpaired) electrons. The summed E-state index contributed by atoms with van der Waals surface area (Å²) in [5.74, 6) is 0.975. The van der Waals surface area contributed by atoms with Crippen molar-refractivity contribution in [1.82, 2.24) is 19.1 Å². The van der Waals surface area contributed by atoms with Crippen LogP contribution in [-0.4, -0.2) is 24.9 Å². The maximum absolute atomic E-state index is 12.1. The van der Waals surface area contributed by atoms with E-state index in [-0.39, 0.29) is 11.2 Å². The summed E-state index contributed by atoms with van der Waals surface area (Å²) in [5.41, 5.74) is 0.165. The highest BCUT2D eigenvalue weighted by molar-refractivity contribution is 7.99. The van der Waals surface area contributed by atoms with Gasteiger partial charge in [0.25, 0.3) is 5.56 Å². The van der Waals surface area contributed by atoms with Gasteiger partial charge in [0, 0.05) is 19.8 Å².